The van der Waals surface area contributed by atoms with Crippen molar-refractivity contribution in [2.24, 2.45) is 0 Å². The average molecular weight is 245 g/mol. The van der Waals surface area contributed by atoms with Crippen molar-refractivity contribution in [1.82, 2.24) is 0 Å². The maximum Gasteiger partial charge on any atom is 0.270 e. The fourth-order valence-corrected chi connectivity index (χ4v) is 1.97. The van der Waals surface area contributed by atoms with Crippen LogP contribution in [0.4, 0.5) is 5.69 Å². The van der Waals surface area contributed by atoms with E-state index < -0.39 is 4.92 Å². The van der Waals surface area contributed by atoms with E-state index in [1.54, 1.807) is 12.1 Å². The molecule has 0 bridgehead atoms. The van der Waals surface area contributed by atoms with Gasteiger partial charge in [0.1, 0.15) is 6.10 Å². The van der Waals surface area contributed by atoms with Gasteiger partial charge in [-0.15, -0.1) is 0 Å². The highest BCUT2D eigenvalue weighted by atomic mass is 16.6. The first-order valence-corrected chi connectivity index (χ1v) is 6.10. The number of nitrogens with zero attached hydrogens (tertiary/aromatic N) is 1. The van der Waals surface area contributed by atoms with E-state index in [9.17, 15) is 10.1 Å². The molecule has 0 unspecified atom stereocenters. The SMILES string of the molecule is CC[C@@H]1CC[C@H](C#Cc2cccc([N+](=O)[O-])c2)O1. The summed E-state index contributed by atoms with van der Waals surface area (Å²) in [6.45, 7) is 2.10. The molecule has 1 heterocycles. The predicted molar refractivity (Wildman–Crippen MR) is 68.2 cm³/mol. The van der Waals surface area contributed by atoms with E-state index in [4.69, 9.17) is 4.74 Å². The van der Waals surface area contributed by atoms with Gasteiger partial charge < -0.3 is 4.74 Å². The first-order chi connectivity index (χ1) is 8.69. The van der Waals surface area contributed by atoms with Crippen molar-refractivity contribution in [3.8, 4) is 11.8 Å². The third kappa shape index (κ3) is 3.08. The molecular formula is C14H15NO3. The van der Waals surface area contributed by atoms with Crippen molar-refractivity contribution in [2.45, 2.75) is 38.4 Å². The normalized spacial score (nSPS) is 22.3. The molecule has 1 aromatic rings. The second-order valence-corrected chi connectivity index (χ2v) is 4.31. The van der Waals surface area contributed by atoms with E-state index in [1.807, 2.05) is 0 Å². The highest BCUT2D eigenvalue weighted by Gasteiger charge is 2.21. The van der Waals surface area contributed by atoms with Gasteiger partial charge in [-0.1, -0.05) is 24.8 Å². The van der Waals surface area contributed by atoms with Gasteiger partial charge in [-0.2, -0.15) is 0 Å². The molecule has 94 valence electrons. The van der Waals surface area contributed by atoms with E-state index in [0.717, 1.165) is 19.3 Å². The number of hydrogen-bond donors (Lipinski definition) is 0. The molecule has 0 aliphatic carbocycles. The van der Waals surface area contributed by atoms with E-state index in [1.165, 1.54) is 12.1 Å². The maximum atomic E-state index is 10.6. The molecule has 1 aromatic carbocycles. The van der Waals surface area contributed by atoms with Crippen molar-refractivity contribution >= 4 is 5.69 Å². The summed E-state index contributed by atoms with van der Waals surface area (Å²) in [5, 5.41) is 10.6. The minimum atomic E-state index is -0.412. The van der Waals surface area contributed by atoms with E-state index in [-0.39, 0.29) is 11.8 Å². The lowest BCUT2D eigenvalue weighted by Crippen LogP contribution is -2.07. The summed E-state index contributed by atoms with van der Waals surface area (Å²) in [7, 11) is 0. The molecular weight excluding hydrogens is 230 g/mol. The van der Waals surface area contributed by atoms with E-state index in [0.29, 0.717) is 11.7 Å². The summed E-state index contributed by atoms with van der Waals surface area (Å²) < 4.78 is 5.70. The van der Waals surface area contributed by atoms with Crippen LogP contribution < -0.4 is 0 Å². The van der Waals surface area contributed by atoms with Gasteiger partial charge in [-0.05, 0) is 25.3 Å². The summed E-state index contributed by atoms with van der Waals surface area (Å²) in [6.07, 6.45) is 3.28. The maximum absolute atomic E-state index is 10.6. The quantitative estimate of drug-likeness (QED) is 0.457. The largest absolute Gasteiger partial charge is 0.362 e. The summed E-state index contributed by atoms with van der Waals surface area (Å²) in [6, 6.07) is 6.36. The fourth-order valence-electron chi connectivity index (χ4n) is 1.97. The molecule has 0 amide bonds. The van der Waals surface area contributed by atoms with Gasteiger partial charge in [0.2, 0.25) is 0 Å². The van der Waals surface area contributed by atoms with E-state index in [2.05, 4.69) is 18.8 Å². The van der Waals surface area contributed by atoms with Crippen LogP contribution in [-0.4, -0.2) is 17.1 Å². The number of rotatable bonds is 2. The summed E-state index contributed by atoms with van der Waals surface area (Å²) >= 11 is 0. The Hall–Kier alpha value is -1.86. The molecule has 2 rings (SSSR count). The average Bonchev–Trinajstić information content (AvgIpc) is 2.84. The standard InChI is InChI=1S/C14H15NO3/c1-2-13-8-9-14(18-13)7-6-11-4-3-5-12(10-11)15(16)17/h3-5,10,13-14H,2,8-9H2,1H3/t13-,14+/m1/s1. The Kier molecular flexibility index (Phi) is 3.96. The van der Waals surface area contributed by atoms with Gasteiger partial charge in [0.05, 0.1) is 11.0 Å². The van der Waals surface area contributed by atoms with Crippen molar-refractivity contribution in [3.63, 3.8) is 0 Å². The molecule has 0 spiro atoms. The minimum absolute atomic E-state index is 0.0331. The van der Waals surface area contributed by atoms with Gasteiger partial charge >= 0.3 is 0 Å². The molecule has 18 heavy (non-hydrogen) atoms. The monoisotopic (exact) mass is 245 g/mol. The van der Waals surface area contributed by atoms with Crippen LogP contribution in [-0.2, 0) is 4.74 Å². The number of nitro groups is 1. The number of benzene rings is 1. The molecule has 1 aliphatic rings. The Morgan fingerprint density at radius 1 is 1.50 bits per heavy atom. The second kappa shape index (κ2) is 5.65. The number of non-ortho nitro benzene ring substituents is 1. The highest BCUT2D eigenvalue weighted by Crippen LogP contribution is 2.21. The van der Waals surface area contributed by atoms with Gasteiger partial charge in [-0.3, -0.25) is 10.1 Å². The Bertz CT molecular complexity index is 501. The molecule has 4 nitrogen and oxygen atoms in total. The number of hydrogen-bond acceptors (Lipinski definition) is 3. The van der Waals surface area contributed by atoms with Crippen molar-refractivity contribution in [2.75, 3.05) is 0 Å². The summed E-state index contributed by atoms with van der Waals surface area (Å²) in [4.78, 5) is 10.2. The Morgan fingerprint density at radius 3 is 3.00 bits per heavy atom. The molecule has 4 heteroatoms. The van der Waals surface area contributed by atoms with Crippen molar-refractivity contribution in [3.05, 3.63) is 39.9 Å². The Labute approximate surface area is 106 Å². The lowest BCUT2D eigenvalue weighted by Gasteiger charge is -2.05. The van der Waals surface area contributed by atoms with Crippen LogP contribution in [0.5, 0.6) is 0 Å². The Balaban J connectivity index is 2.06. The number of ether oxygens (including phenoxy) is 1. The van der Waals surface area contributed by atoms with Gasteiger partial charge in [0, 0.05) is 17.7 Å². The van der Waals surface area contributed by atoms with Gasteiger partial charge in [-0.25, -0.2) is 0 Å². The van der Waals surface area contributed by atoms with Crippen LogP contribution in [0.3, 0.4) is 0 Å². The van der Waals surface area contributed by atoms with Crippen LogP contribution in [0, 0.1) is 22.0 Å². The van der Waals surface area contributed by atoms with Crippen LogP contribution in [0.15, 0.2) is 24.3 Å². The first kappa shape index (κ1) is 12.6. The molecule has 1 fully saturated rings. The predicted octanol–water partition coefficient (Wildman–Crippen LogP) is 2.90. The van der Waals surface area contributed by atoms with Crippen LogP contribution in [0.2, 0.25) is 0 Å². The smallest absolute Gasteiger partial charge is 0.270 e. The third-order valence-corrected chi connectivity index (χ3v) is 3.00. The topological polar surface area (TPSA) is 52.4 Å². The zero-order valence-corrected chi connectivity index (χ0v) is 10.3. The summed E-state index contributed by atoms with van der Waals surface area (Å²) in [5.41, 5.74) is 0.730. The lowest BCUT2D eigenvalue weighted by atomic mass is 10.1. The molecule has 1 saturated heterocycles. The van der Waals surface area contributed by atoms with Crippen molar-refractivity contribution < 1.29 is 9.66 Å². The minimum Gasteiger partial charge on any atom is -0.362 e. The highest BCUT2D eigenvalue weighted by molar-refractivity contribution is 5.43. The molecule has 0 N–H and O–H groups in total. The van der Waals surface area contributed by atoms with Crippen LogP contribution in [0.25, 0.3) is 0 Å². The van der Waals surface area contributed by atoms with Gasteiger partial charge in [0.25, 0.3) is 5.69 Å². The van der Waals surface area contributed by atoms with Crippen LogP contribution >= 0.6 is 0 Å². The zero-order valence-electron chi connectivity index (χ0n) is 10.3. The fraction of sp³-hybridized carbons (Fsp3) is 0.429. The zero-order chi connectivity index (χ0) is 13.0. The van der Waals surface area contributed by atoms with Crippen molar-refractivity contribution in [1.29, 1.82) is 0 Å². The molecule has 1 aliphatic heterocycles. The molecule has 0 saturated carbocycles. The molecule has 0 aromatic heterocycles. The third-order valence-electron chi connectivity index (χ3n) is 3.00. The lowest BCUT2D eigenvalue weighted by molar-refractivity contribution is -0.384. The first-order valence-electron chi connectivity index (χ1n) is 6.10. The van der Waals surface area contributed by atoms with E-state index >= 15 is 0 Å². The molecule has 0 radical (unpaired) electrons. The number of nitro benzene ring substituents is 1. The molecule has 2 atom stereocenters. The summed E-state index contributed by atoms with van der Waals surface area (Å²) in [5.74, 6) is 5.98. The van der Waals surface area contributed by atoms with Gasteiger partial charge in [0.15, 0.2) is 0 Å². The second-order valence-electron chi connectivity index (χ2n) is 4.31. The Morgan fingerprint density at radius 2 is 2.33 bits per heavy atom. The van der Waals surface area contributed by atoms with Crippen LogP contribution in [0.1, 0.15) is 31.7 Å².